The van der Waals surface area contributed by atoms with Crippen molar-refractivity contribution in [3.05, 3.63) is 35.2 Å². The maximum absolute atomic E-state index is 5.88. The van der Waals surface area contributed by atoms with Crippen LogP contribution >= 0.6 is 35.6 Å². The van der Waals surface area contributed by atoms with E-state index in [1.807, 2.05) is 31.3 Å². The summed E-state index contributed by atoms with van der Waals surface area (Å²) in [4.78, 5) is 11.0. The smallest absolute Gasteiger partial charge is 0.228 e. The van der Waals surface area contributed by atoms with Gasteiger partial charge in [0.15, 0.2) is 5.96 Å². The van der Waals surface area contributed by atoms with Crippen molar-refractivity contribution in [2.75, 3.05) is 26.7 Å². The summed E-state index contributed by atoms with van der Waals surface area (Å²) >= 11 is 5.88. The van der Waals surface area contributed by atoms with Gasteiger partial charge in [0.1, 0.15) is 0 Å². The lowest BCUT2D eigenvalue weighted by Crippen LogP contribution is -2.40. The number of aromatic nitrogens is 2. The van der Waals surface area contributed by atoms with Gasteiger partial charge >= 0.3 is 0 Å². The average Bonchev–Trinajstić information content (AvgIpc) is 3.24. The minimum atomic E-state index is 0. The summed E-state index contributed by atoms with van der Waals surface area (Å²) in [5, 5.41) is 8.05. The van der Waals surface area contributed by atoms with Gasteiger partial charge in [0.2, 0.25) is 11.7 Å². The van der Waals surface area contributed by atoms with Crippen LogP contribution in [-0.4, -0.2) is 47.7 Å². The lowest BCUT2D eigenvalue weighted by molar-refractivity contribution is 0.377. The van der Waals surface area contributed by atoms with Crippen molar-refractivity contribution in [2.45, 2.75) is 19.3 Å². The van der Waals surface area contributed by atoms with E-state index < -0.39 is 0 Å². The van der Waals surface area contributed by atoms with Gasteiger partial charge in [0, 0.05) is 43.7 Å². The van der Waals surface area contributed by atoms with Crippen LogP contribution in [0.4, 0.5) is 0 Å². The predicted octanol–water partition coefficient (Wildman–Crippen LogP) is 3.22. The molecule has 1 saturated heterocycles. The second kappa shape index (κ2) is 9.22. The van der Waals surface area contributed by atoms with Gasteiger partial charge in [-0.25, -0.2) is 0 Å². The van der Waals surface area contributed by atoms with Crippen molar-refractivity contribution in [1.82, 2.24) is 20.4 Å². The molecule has 24 heavy (non-hydrogen) atoms. The van der Waals surface area contributed by atoms with Crippen molar-refractivity contribution in [1.29, 1.82) is 0 Å². The third kappa shape index (κ3) is 4.83. The molecule has 1 aromatic carbocycles. The number of halogens is 2. The molecule has 0 saturated carbocycles. The van der Waals surface area contributed by atoms with Crippen LogP contribution in [0, 0.1) is 0 Å². The standard InChI is InChI=1S/C16H20ClN5O.HI/c1-18-16(22-10-2-3-11-22)19-9-8-14-20-15(21-23-14)12-4-6-13(17)7-5-12;/h4-7H,2-3,8-11H2,1H3,(H,18,19);1H. The van der Waals surface area contributed by atoms with Crippen LogP contribution in [0.1, 0.15) is 18.7 Å². The van der Waals surface area contributed by atoms with Crippen molar-refractivity contribution >= 4 is 41.5 Å². The fourth-order valence-electron chi connectivity index (χ4n) is 2.62. The fraction of sp³-hybridized carbons (Fsp3) is 0.438. The van der Waals surface area contributed by atoms with Crippen molar-refractivity contribution in [3.63, 3.8) is 0 Å². The highest BCUT2D eigenvalue weighted by atomic mass is 127. The lowest BCUT2D eigenvalue weighted by atomic mass is 10.2. The number of likely N-dealkylation sites (tertiary alicyclic amines) is 1. The highest BCUT2D eigenvalue weighted by Gasteiger charge is 2.15. The van der Waals surface area contributed by atoms with E-state index in [9.17, 15) is 0 Å². The van der Waals surface area contributed by atoms with E-state index in [0.29, 0.717) is 29.7 Å². The van der Waals surface area contributed by atoms with Gasteiger partial charge in [-0.2, -0.15) is 4.98 Å². The third-order valence-electron chi connectivity index (χ3n) is 3.81. The summed E-state index contributed by atoms with van der Waals surface area (Å²) in [6, 6.07) is 7.39. The van der Waals surface area contributed by atoms with Crippen molar-refractivity contribution < 1.29 is 4.52 Å². The van der Waals surface area contributed by atoms with Crippen molar-refractivity contribution in [3.8, 4) is 11.4 Å². The molecule has 1 N–H and O–H groups in total. The first-order valence-corrected chi connectivity index (χ1v) is 8.18. The SMILES string of the molecule is CN=C(NCCc1nc(-c2ccc(Cl)cc2)no1)N1CCCC1.I. The minimum absolute atomic E-state index is 0. The first kappa shape index (κ1) is 19.0. The van der Waals surface area contributed by atoms with Gasteiger partial charge in [0.05, 0.1) is 0 Å². The summed E-state index contributed by atoms with van der Waals surface area (Å²) in [5.41, 5.74) is 0.894. The highest BCUT2D eigenvalue weighted by molar-refractivity contribution is 14.0. The van der Waals surface area contributed by atoms with Crippen LogP contribution in [0.15, 0.2) is 33.8 Å². The van der Waals surface area contributed by atoms with Crippen LogP contribution in [-0.2, 0) is 6.42 Å². The van der Waals surface area contributed by atoms with Gasteiger partial charge < -0.3 is 14.7 Å². The Morgan fingerprint density at radius 1 is 1.29 bits per heavy atom. The van der Waals surface area contributed by atoms with Gasteiger partial charge in [-0.3, -0.25) is 4.99 Å². The van der Waals surface area contributed by atoms with E-state index in [1.54, 1.807) is 0 Å². The number of benzene rings is 1. The molecular weight excluding hydrogens is 441 g/mol. The molecule has 2 aromatic rings. The van der Waals surface area contributed by atoms with E-state index in [-0.39, 0.29) is 24.0 Å². The van der Waals surface area contributed by atoms with Gasteiger partial charge in [-0.1, -0.05) is 16.8 Å². The van der Waals surface area contributed by atoms with Gasteiger partial charge in [-0.05, 0) is 37.1 Å². The quantitative estimate of drug-likeness (QED) is 0.430. The van der Waals surface area contributed by atoms with E-state index in [2.05, 4.69) is 25.3 Å². The van der Waals surface area contributed by atoms with Gasteiger partial charge in [0.25, 0.3) is 0 Å². The molecule has 1 aromatic heterocycles. The molecule has 1 aliphatic heterocycles. The molecule has 0 aliphatic carbocycles. The van der Waals surface area contributed by atoms with Gasteiger partial charge in [-0.15, -0.1) is 24.0 Å². The zero-order valence-corrected chi connectivity index (χ0v) is 16.6. The molecule has 0 atom stereocenters. The molecule has 0 amide bonds. The summed E-state index contributed by atoms with van der Waals surface area (Å²) in [6.45, 7) is 2.85. The Balaban J connectivity index is 0.00000208. The number of guanidine groups is 1. The first-order chi connectivity index (χ1) is 11.3. The predicted molar refractivity (Wildman–Crippen MR) is 106 cm³/mol. The maximum Gasteiger partial charge on any atom is 0.228 e. The summed E-state index contributed by atoms with van der Waals surface area (Å²) in [6.07, 6.45) is 3.12. The first-order valence-electron chi connectivity index (χ1n) is 7.80. The number of nitrogens with one attached hydrogen (secondary N) is 1. The Morgan fingerprint density at radius 3 is 2.67 bits per heavy atom. The second-order valence-corrected chi connectivity index (χ2v) is 5.87. The van der Waals surface area contributed by atoms with Crippen LogP contribution in [0.3, 0.4) is 0 Å². The Hall–Kier alpha value is -1.35. The normalized spacial score (nSPS) is 14.6. The lowest BCUT2D eigenvalue weighted by Gasteiger charge is -2.20. The zero-order chi connectivity index (χ0) is 16.1. The van der Waals surface area contributed by atoms with Crippen LogP contribution < -0.4 is 5.32 Å². The number of aliphatic imine (C=N–C) groups is 1. The molecular formula is C16H21ClIN5O. The number of rotatable bonds is 4. The van der Waals surface area contributed by atoms with Crippen LogP contribution in [0.25, 0.3) is 11.4 Å². The van der Waals surface area contributed by atoms with Crippen molar-refractivity contribution in [2.24, 2.45) is 4.99 Å². The fourth-order valence-corrected chi connectivity index (χ4v) is 2.74. The Morgan fingerprint density at radius 2 is 2.00 bits per heavy atom. The topological polar surface area (TPSA) is 66.5 Å². The molecule has 0 radical (unpaired) electrons. The summed E-state index contributed by atoms with van der Waals surface area (Å²) in [5.74, 6) is 2.14. The molecule has 3 rings (SSSR count). The number of nitrogens with zero attached hydrogens (tertiary/aromatic N) is 4. The summed E-state index contributed by atoms with van der Waals surface area (Å²) < 4.78 is 5.30. The second-order valence-electron chi connectivity index (χ2n) is 5.44. The maximum atomic E-state index is 5.88. The molecule has 8 heteroatoms. The van der Waals surface area contributed by atoms with E-state index in [4.69, 9.17) is 16.1 Å². The molecule has 6 nitrogen and oxygen atoms in total. The molecule has 0 spiro atoms. The largest absolute Gasteiger partial charge is 0.356 e. The van der Waals surface area contributed by atoms with E-state index in [1.165, 1.54) is 12.8 Å². The Kier molecular flexibility index (Phi) is 7.29. The van der Waals surface area contributed by atoms with E-state index in [0.717, 1.165) is 24.6 Å². The molecule has 1 aliphatic rings. The third-order valence-corrected chi connectivity index (χ3v) is 4.06. The monoisotopic (exact) mass is 461 g/mol. The molecule has 2 heterocycles. The minimum Gasteiger partial charge on any atom is -0.356 e. The molecule has 0 unspecified atom stereocenters. The Bertz CT molecular complexity index is 667. The van der Waals surface area contributed by atoms with Crippen LogP contribution in [0.5, 0.6) is 0 Å². The van der Waals surface area contributed by atoms with Crippen LogP contribution in [0.2, 0.25) is 5.02 Å². The summed E-state index contributed by atoms with van der Waals surface area (Å²) in [7, 11) is 1.81. The Labute approximate surface area is 163 Å². The number of hydrogen-bond acceptors (Lipinski definition) is 4. The van der Waals surface area contributed by atoms with E-state index >= 15 is 0 Å². The highest BCUT2D eigenvalue weighted by Crippen LogP contribution is 2.18. The zero-order valence-electron chi connectivity index (χ0n) is 13.5. The number of hydrogen-bond donors (Lipinski definition) is 1. The molecule has 130 valence electrons. The molecule has 1 fully saturated rings. The average molecular weight is 462 g/mol. The molecule has 0 bridgehead atoms.